The molecule has 7 nitrogen and oxygen atoms in total. The average Bonchev–Trinajstić information content (AvgIpc) is 2.77. The summed E-state index contributed by atoms with van der Waals surface area (Å²) in [6, 6.07) is 12.5. The predicted molar refractivity (Wildman–Crippen MR) is 114 cm³/mol. The molecule has 0 spiro atoms. The Morgan fingerprint density at radius 1 is 1.17 bits per heavy atom. The van der Waals surface area contributed by atoms with Crippen LogP contribution in [0.15, 0.2) is 47.4 Å². The maximum Gasteiger partial charge on any atom is 0.251 e. The number of aryl methyl sites for hydroxylation is 2. The number of carbonyl (C=O) groups excluding carboxylic acids is 1. The fourth-order valence-electron chi connectivity index (χ4n) is 3.36. The van der Waals surface area contributed by atoms with Crippen LogP contribution in [0.1, 0.15) is 27.9 Å². The van der Waals surface area contributed by atoms with Gasteiger partial charge in [0, 0.05) is 25.2 Å². The SMILES string of the molecule is COc1cccc(CCCNC(=O)c2cc(S(=O)(=O)N3CCOCC3)ccc2C)c1. The number of rotatable bonds is 8. The third-order valence-electron chi connectivity index (χ3n) is 5.12. The molecular weight excluding hydrogens is 404 g/mol. The van der Waals surface area contributed by atoms with E-state index in [9.17, 15) is 13.2 Å². The van der Waals surface area contributed by atoms with Crippen LogP contribution in [0.4, 0.5) is 0 Å². The molecule has 0 bridgehead atoms. The molecule has 1 fully saturated rings. The van der Waals surface area contributed by atoms with Gasteiger partial charge in [-0.15, -0.1) is 0 Å². The summed E-state index contributed by atoms with van der Waals surface area (Å²) in [4.78, 5) is 12.8. The van der Waals surface area contributed by atoms with Gasteiger partial charge in [-0.05, 0) is 55.2 Å². The Kier molecular flexibility index (Phi) is 7.47. The van der Waals surface area contributed by atoms with Crippen molar-refractivity contribution in [1.82, 2.24) is 9.62 Å². The average molecular weight is 433 g/mol. The molecule has 1 N–H and O–H groups in total. The monoisotopic (exact) mass is 432 g/mol. The van der Waals surface area contributed by atoms with E-state index in [1.54, 1.807) is 26.2 Å². The Morgan fingerprint density at radius 2 is 1.93 bits per heavy atom. The Balaban J connectivity index is 1.62. The van der Waals surface area contributed by atoms with Crippen molar-refractivity contribution < 1.29 is 22.7 Å². The first-order valence-electron chi connectivity index (χ1n) is 10.0. The molecule has 0 aromatic heterocycles. The first kappa shape index (κ1) is 22.3. The largest absolute Gasteiger partial charge is 0.497 e. The summed E-state index contributed by atoms with van der Waals surface area (Å²) in [5.74, 6) is 0.544. The van der Waals surface area contributed by atoms with Gasteiger partial charge < -0.3 is 14.8 Å². The van der Waals surface area contributed by atoms with Crippen molar-refractivity contribution >= 4 is 15.9 Å². The zero-order valence-electron chi connectivity index (χ0n) is 17.4. The molecule has 0 radical (unpaired) electrons. The second-order valence-corrected chi connectivity index (χ2v) is 9.14. The van der Waals surface area contributed by atoms with Crippen LogP contribution in [0, 0.1) is 6.92 Å². The molecule has 2 aromatic rings. The van der Waals surface area contributed by atoms with Gasteiger partial charge in [0.05, 0.1) is 25.2 Å². The Bertz CT molecular complexity index is 985. The van der Waals surface area contributed by atoms with Crippen molar-refractivity contribution in [3.8, 4) is 5.75 Å². The first-order chi connectivity index (χ1) is 14.4. The predicted octanol–water partition coefficient (Wildman–Crippen LogP) is 2.39. The number of methoxy groups -OCH3 is 1. The number of amides is 1. The van der Waals surface area contributed by atoms with Crippen molar-refractivity contribution in [2.75, 3.05) is 40.0 Å². The van der Waals surface area contributed by atoms with Crippen molar-refractivity contribution in [2.45, 2.75) is 24.7 Å². The molecule has 162 valence electrons. The van der Waals surface area contributed by atoms with E-state index in [1.165, 1.54) is 10.4 Å². The number of nitrogens with one attached hydrogen (secondary N) is 1. The molecule has 0 unspecified atom stereocenters. The molecule has 1 heterocycles. The number of sulfonamides is 1. The minimum atomic E-state index is -3.64. The Morgan fingerprint density at radius 3 is 2.67 bits per heavy atom. The van der Waals surface area contributed by atoms with E-state index < -0.39 is 10.0 Å². The van der Waals surface area contributed by atoms with E-state index in [0.717, 1.165) is 29.7 Å². The van der Waals surface area contributed by atoms with E-state index in [4.69, 9.17) is 9.47 Å². The van der Waals surface area contributed by atoms with Gasteiger partial charge in [-0.25, -0.2) is 8.42 Å². The first-order valence-corrected chi connectivity index (χ1v) is 11.5. The molecule has 2 aromatic carbocycles. The van der Waals surface area contributed by atoms with Crippen LogP contribution < -0.4 is 10.1 Å². The zero-order valence-corrected chi connectivity index (χ0v) is 18.2. The van der Waals surface area contributed by atoms with Crippen LogP contribution in [0.5, 0.6) is 5.75 Å². The highest BCUT2D eigenvalue weighted by Gasteiger charge is 2.27. The summed E-state index contributed by atoms with van der Waals surface area (Å²) in [6.45, 7) is 3.70. The van der Waals surface area contributed by atoms with Crippen molar-refractivity contribution in [3.05, 3.63) is 59.2 Å². The molecule has 0 aliphatic carbocycles. The van der Waals surface area contributed by atoms with Crippen LogP contribution in [0.3, 0.4) is 0 Å². The summed E-state index contributed by atoms with van der Waals surface area (Å²) < 4.78 is 37.6. The van der Waals surface area contributed by atoms with Gasteiger partial charge in [0.15, 0.2) is 0 Å². The van der Waals surface area contributed by atoms with E-state index in [1.807, 2.05) is 24.3 Å². The fraction of sp³-hybridized carbons (Fsp3) is 0.409. The van der Waals surface area contributed by atoms with E-state index >= 15 is 0 Å². The third kappa shape index (κ3) is 5.38. The van der Waals surface area contributed by atoms with E-state index in [2.05, 4.69) is 5.32 Å². The highest BCUT2D eigenvalue weighted by molar-refractivity contribution is 7.89. The molecule has 8 heteroatoms. The second kappa shape index (κ2) is 10.1. The zero-order chi connectivity index (χ0) is 21.6. The summed E-state index contributed by atoms with van der Waals surface area (Å²) >= 11 is 0. The van der Waals surface area contributed by atoms with Gasteiger partial charge in [-0.3, -0.25) is 4.79 Å². The molecule has 1 saturated heterocycles. The lowest BCUT2D eigenvalue weighted by Gasteiger charge is -2.26. The fourth-order valence-corrected chi connectivity index (χ4v) is 4.79. The molecular formula is C22H28N2O5S. The van der Waals surface area contributed by atoms with Crippen LogP contribution in [0.2, 0.25) is 0 Å². The normalized spacial score (nSPS) is 15.0. The van der Waals surface area contributed by atoms with E-state index in [-0.39, 0.29) is 10.8 Å². The van der Waals surface area contributed by atoms with Crippen LogP contribution in [0.25, 0.3) is 0 Å². The molecule has 30 heavy (non-hydrogen) atoms. The number of benzene rings is 2. The lowest BCUT2D eigenvalue weighted by Crippen LogP contribution is -2.40. The minimum absolute atomic E-state index is 0.136. The van der Waals surface area contributed by atoms with Crippen molar-refractivity contribution in [1.29, 1.82) is 0 Å². The molecule has 0 saturated carbocycles. The number of morpholine rings is 1. The number of carbonyl (C=O) groups is 1. The maximum atomic E-state index is 12.9. The molecule has 1 aliphatic rings. The summed E-state index contributed by atoms with van der Waals surface area (Å²) in [6.07, 6.45) is 1.58. The summed E-state index contributed by atoms with van der Waals surface area (Å²) in [5.41, 5.74) is 2.25. The highest BCUT2D eigenvalue weighted by Crippen LogP contribution is 2.21. The summed E-state index contributed by atoms with van der Waals surface area (Å²) in [5, 5.41) is 2.90. The lowest BCUT2D eigenvalue weighted by atomic mass is 10.1. The Hall–Kier alpha value is -2.42. The minimum Gasteiger partial charge on any atom is -0.497 e. The number of ether oxygens (including phenoxy) is 2. The third-order valence-corrected chi connectivity index (χ3v) is 7.02. The second-order valence-electron chi connectivity index (χ2n) is 7.20. The topological polar surface area (TPSA) is 84.9 Å². The standard InChI is InChI=1S/C22H28N2O5S/c1-17-8-9-20(30(26,27)24-11-13-29-14-12-24)16-21(17)22(25)23-10-4-6-18-5-3-7-19(15-18)28-2/h3,5,7-9,15-16H,4,6,10-14H2,1-2H3,(H,23,25). The van der Waals surface area contributed by atoms with Gasteiger partial charge in [-0.2, -0.15) is 4.31 Å². The number of hydrogen-bond acceptors (Lipinski definition) is 5. The van der Waals surface area contributed by atoms with Gasteiger partial charge >= 0.3 is 0 Å². The van der Waals surface area contributed by atoms with Gasteiger partial charge in [0.1, 0.15) is 5.75 Å². The van der Waals surface area contributed by atoms with E-state index in [0.29, 0.717) is 38.4 Å². The molecule has 3 rings (SSSR count). The lowest BCUT2D eigenvalue weighted by molar-refractivity contribution is 0.0730. The van der Waals surface area contributed by atoms with Gasteiger partial charge in [0.2, 0.25) is 10.0 Å². The highest BCUT2D eigenvalue weighted by atomic mass is 32.2. The van der Waals surface area contributed by atoms with Crippen LogP contribution in [-0.2, 0) is 21.2 Å². The quantitative estimate of drug-likeness (QED) is 0.648. The summed E-state index contributed by atoms with van der Waals surface area (Å²) in [7, 11) is -2.01. The van der Waals surface area contributed by atoms with Crippen molar-refractivity contribution in [3.63, 3.8) is 0 Å². The van der Waals surface area contributed by atoms with Gasteiger partial charge in [0.25, 0.3) is 5.91 Å². The maximum absolute atomic E-state index is 12.9. The number of hydrogen-bond donors (Lipinski definition) is 1. The Labute approximate surface area is 178 Å². The molecule has 0 atom stereocenters. The smallest absolute Gasteiger partial charge is 0.251 e. The molecule has 1 aliphatic heterocycles. The number of nitrogens with zero attached hydrogens (tertiary/aromatic N) is 1. The van der Waals surface area contributed by atoms with Crippen LogP contribution in [-0.4, -0.2) is 58.6 Å². The van der Waals surface area contributed by atoms with Crippen molar-refractivity contribution in [2.24, 2.45) is 0 Å². The molecule has 1 amide bonds. The van der Waals surface area contributed by atoms with Crippen LogP contribution >= 0.6 is 0 Å². The van der Waals surface area contributed by atoms with Gasteiger partial charge in [-0.1, -0.05) is 18.2 Å².